The van der Waals surface area contributed by atoms with Crippen LogP contribution in [-0.4, -0.2) is 17.6 Å². The standard InChI is InChI=1S/C11H12ClF2NO2/c1-3-17-9(16)4-7-6(2)10(12)15-5-8(7)11(13)14/h5,11H,3-4H2,1-2H3. The minimum atomic E-state index is -2.69. The summed E-state index contributed by atoms with van der Waals surface area (Å²) in [5, 5.41) is 0.119. The van der Waals surface area contributed by atoms with Gasteiger partial charge in [0.1, 0.15) is 5.15 Å². The number of esters is 1. The molecular formula is C11H12ClF2NO2. The van der Waals surface area contributed by atoms with Crippen molar-refractivity contribution in [2.24, 2.45) is 0 Å². The van der Waals surface area contributed by atoms with Crippen molar-refractivity contribution < 1.29 is 18.3 Å². The Morgan fingerprint density at radius 3 is 2.76 bits per heavy atom. The molecule has 1 aromatic heterocycles. The van der Waals surface area contributed by atoms with E-state index in [4.69, 9.17) is 16.3 Å². The Kier molecular flexibility index (Phi) is 4.81. The number of pyridine rings is 1. The van der Waals surface area contributed by atoms with Crippen LogP contribution in [-0.2, 0) is 16.0 Å². The minimum Gasteiger partial charge on any atom is -0.466 e. The maximum atomic E-state index is 12.7. The molecule has 17 heavy (non-hydrogen) atoms. The van der Waals surface area contributed by atoms with Crippen molar-refractivity contribution in [2.45, 2.75) is 26.7 Å². The van der Waals surface area contributed by atoms with E-state index in [1.54, 1.807) is 13.8 Å². The summed E-state index contributed by atoms with van der Waals surface area (Å²) in [4.78, 5) is 15.0. The number of alkyl halides is 2. The first-order chi connectivity index (χ1) is 7.97. The molecule has 0 aliphatic heterocycles. The lowest BCUT2D eigenvalue weighted by molar-refractivity contribution is -0.142. The smallest absolute Gasteiger partial charge is 0.310 e. The highest BCUT2D eigenvalue weighted by Gasteiger charge is 2.20. The van der Waals surface area contributed by atoms with E-state index in [9.17, 15) is 13.6 Å². The highest BCUT2D eigenvalue weighted by Crippen LogP contribution is 2.28. The summed E-state index contributed by atoms with van der Waals surface area (Å²) in [5.74, 6) is -0.556. The molecule has 0 aliphatic carbocycles. The normalized spacial score (nSPS) is 10.7. The summed E-state index contributed by atoms with van der Waals surface area (Å²) in [6.07, 6.45) is -1.92. The number of carbonyl (C=O) groups excluding carboxylic acids is 1. The summed E-state index contributed by atoms with van der Waals surface area (Å²) < 4.78 is 30.2. The van der Waals surface area contributed by atoms with Crippen LogP contribution >= 0.6 is 11.6 Å². The molecule has 1 heterocycles. The van der Waals surface area contributed by atoms with Crippen molar-refractivity contribution in [3.63, 3.8) is 0 Å². The predicted octanol–water partition coefficient (Wildman–Crippen LogP) is 3.09. The van der Waals surface area contributed by atoms with E-state index in [-0.39, 0.29) is 29.3 Å². The second-order valence-corrected chi connectivity index (χ2v) is 3.75. The number of hydrogen-bond acceptors (Lipinski definition) is 3. The van der Waals surface area contributed by atoms with Crippen LogP contribution in [0.15, 0.2) is 6.20 Å². The molecule has 0 spiro atoms. The maximum absolute atomic E-state index is 12.7. The third-order valence-electron chi connectivity index (χ3n) is 2.29. The Balaban J connectivity index is 3.10. The fourth-order valence-corrected chi connectivity index (χ4v) is 1.58. The largest absolute Gasteiger partial charge is 0.466 e. The van der Waals surface area contributed by atoms with Crippen LogP contribution in [0.4, 0.5) is 8.78 Å². The third kappa shape index (κ3) is 3.36. The van der Waals surface area contributed by atoms with E-state index >= 15 is 0 Å². The average Bonchev–Trinajstić information content (AvgIpc) is 2.25. The summed E-state index contributed by atoms with van der Waals surface area (Å²) in [7, 11) is 0. The van der Waals surface area contributed by atoms with Gasteiger partial charge in [-0.05, 0) is 25.0 Å². The molecule has 0 saturated heterocycles. The zero-order valence-corrected chi connectivity index (χ0v) is 10.2. The summed E-state index contributed by atoms with van der Waals surface area (Å²) in [5.41, 5.74) is 0.302. The average molecular weight is 264 g/mol. The predicted molar refractivity (Wildman–Crippen MR) is 59.3 cm³/mol. The van der Waals surface area contributed by atoms with Gasteiger partial charge in [-0.1, -0.05) is 11.6 Å². The first-order valence-corrected chi connectivity index (χ1v) is 5.42. The Bertz CT molecular complexity index is 424. The molecule has 0 aliphatic rings. The zero-order chi connectivity index (χ0) is 13.0. The van der Waals surface area contributed by atoms with E-state index in [2.05, 4.69) is 4.98 Å². The molecule has 94 valence electrons. The quantitative estimate of drug-likeness (QED) is 0.619. The van der Waals surface area contributed by atoms with Crippen LogP contribution in [0.25, 0.3) is 0 Å². The van der Waals surface area contributed by atoms with Crippen molar-refractivity contribution in [1.82, 2.24) is 4.98 Å². The molecule has 0 N–H and O–H groups in total. The van der Waals surface area contributed by atoms with Crippen molar-refractivity contribution in [1.29, 1.82) is 0 Å². The van der Waals surface area contributed by atoms with Gasteiger partial charge in [0, 0.05) is 11.8 Å². The lowest BCUT2D eigenvalue weighted by Crippen LogP contribution is -2.11. The van der Waals surface area contributed by atoms with Crippen molar-refractivity contribution in [2.75, 3.05) is 6.61 Å². The van der Waals surface area contributed by atoms with Gasteiger partial charge in [0.15, 0.2) is 0 Å². The molecule has 6 heteroatoms. The second kappa shape index (κ2) is 5.91. The number of carbonyl (C=O) groups is 1. The van der Waals surface area contributed by atoms with Crippen molar-refractivity contribution in [3.8, 4) is 0 Å². The third-order valence-corrected chi connectivity index (χ3v) is 2.67. The second-order valence-electron chi connectivity index (χ2n) is 3.39. The van der Waals surface area contributed by atoms with Gasteiger partial charge in [-0.3, -0.25) is 4.79 Å². The molecule has 0 amide bonds. The fraction of sp³-hybridized carbons (Fsp3) is 0.455. The topological polar surface area (TPSA) is 39.2 Å². The molecular weight excluding hydrogens is 252 g/mol. The van der Waals surface area contributed by atoms with Gasteiger partial charge in [-0.25, -0.2) is 13.8 Å². The minimum absolute atomic E-state index is 0.119. The number of hydrogen-bond donors (Lipinski definition) is 0. The van der Waals surface area contributed by atoms with E-state index < -0.39 is 12.4 Å². The van der Waals surface area contributed by atoms with Gasteiger partial charge in [0.25, 0.3) is 6.43 Å². The molecule has 0 saturated carbocycles. The summed E-state index contributed by atoms with van der Waals surface area (Å²) in [6.45, 7) is 3.41. The van der Waals surface area contributed by atoms with Crippen LogP contribution in [0.3, 0.4) is 0 Å². The van der Waals surface area contributed by atoms with Gasteiger partial charge in [0.2, 0.25) is 0 Å². The SMILES string of the molecule is CCOC(=O)Cc1c(C(F)F)cnc(Cl)c1C. The highest BCUT2D eigenvalue weighted by molar-refractivity contribution is 6.30. The maximum Gasteiger partial charge on any atom is 0.310 e. The van der Waals surface area contributed by atoms with Gasteiger partial charge in [0.05, 0.1) is 13.0 Å². The summed E-state index contributed by atoms with van der Waals surface area (Å²) >= 11 is 5.74. The van der Waals surface area contributed by atoms with E-state index in [1.165, 1.54) is 0 Å². The highest BCUT2D eigenvalue weighted by atomic mass is 35.5. The van der Waals surface area contributed by atoms with Crippen LogP contribution in [0.5, 0.6) is 0 Å². The number of rotatable bonds is 4. The number of halogens is 3. The lowest BCUT2D eigenvalue weighted by Gasteiger charge is -2.12. The van der Waals surface area contributed by atoms with Gasteiger partial charge >= 0.3 is 5.97 Å². The monoisotopic (exact) mass is 263 g/mol. The molecule has 0 bridgehead atoms. The molecule has 0 atom stereocenters. The van der Waals surface area contributed by atoms with E-state index in [0.717, 1.165) is 6.20 Å². The molecule has 0 fully saturated rings. The van der Waals surface area contributed by atoms with Gasteiger partial charge in [-0.2, -0.15) is 0 Å². The Hall–Kier alpha value is -1.23. The molecule has 0 aromatic carbocycles. The van der Waals surface area contributed by atoms with Crippen LogP contribution < -0.4 is 0 Å². The van der Waals surface area contributed by atoms with Crippen LogP contribution in [0.1, 0.15) is 30.0 Å². The van der Waals surface area contributed by atoms with Crippen molar-refractivity contribution in [3.05, 3.63) is 28.0 Å². The molecule has 1 aromatic rings. The zero-order valence-electron chi connectivity index (χ0n) is 9.47. The van der Waals surface area contributed by atoms with E-state index in [0.29, 0.717) is 5.56 Å². The molecule has 1 rings (SSSR count). The number of nitrogens with zero attached hydrogens (tertiary/aromatic N) is 1. The summed E-state index contributed by atoms with van der Waals surface area (Å²) in [6, 6.07) is 0. The number of ether oxygens (including phenoxy) is 1. The van der Waals surface area contributed by atoms with Crippen LogP contribution in [0, 0.1) is 6.92 Å². The Morgan fingerprint density at radius 1 is 1.59 bits per heavy atom. The Labute approximate surface area is 103 Å². The first-order valence-electron chi connectivity index (χ1n) is 5.05. The molecule has 0 radical (unpaired) electrons. The first kappa shape index (κ1) is 13.8. The van der Waals surface area contributed by atoms with Crippen molar-refractivity contribution >= 4 is 17.6 Å². The Morgan fingerprint density at radius 2 is 2.24 bits per heavy atom. The molecule has 3 nitrogen and oxygen atoms in total. The fourth-order valence-electron chi connectivity index (χ4n) is 1.42. The van der Waals surface area contributed by atoms with Crippen LogP contribution in [0.2, 0.25) is 5.15 Å². The molecule has 0 unspecified atom stereocenters. The van der Waals surface area contributed by atoms with Gasteiger partial charge in [-0.15, -0.1) is 0 Å². The van der Waals surface area contributed by atoms with Gasteiger partial charge < -0.3 is 4.74 Å². The lowest BCUT2D eigenvalue weighted by atomic mass is 10.0. The van der Waals surface area contributed by atoms with E-state index in [1.807, 2.05) is 0 Å². The number of aromatic nitrogens is 1.